The number of methoxy groups -OCH3 is 1. The third-order valence-electron chi connectivity index (χ3n) is 6.09. The number of halogens is 3. The SMILES string of the molecule is COc1cc2c(cc1OCCCN1CCCC1)=NC1=CC=NC(c3cnc(OC(=O)C(F)(F)F)s3)C=21. The Morgan fingerprint density at radius 3 is 2.78 bits per heavy atom. The molecule has 5 rings (SSSR count). The summed E-state index contributed by atoms with van der Waals surface area (Å²) < 4.78 is 53.6. The molecule has 0 amide bonds. The van der Waals surface area contributed by atoms with E-state index < -0.39 is 23.4 Å². The highest BCUT2D eigenvalue weighted by Crippen LogP contribution is 2.40. The Labute approximate surface area is 208 Å². The van der Waals surface area contributed by atoms with Crippen LogP contribution in [0.25, 0.3) is 5.57 Å². The lowest BCUT2D eigenvalue weighted by molar-refractivity contribution is -0.189. The number of thiazole rings is 1. The van der Waals surface area contributed by atoms with Gasteiger partial charge in [0.1, 0.15) is 6.04 Å². The highest BCUT2D eigenvalue weighted by Gasteiger charge is 2.42. The van der Waals surface area contributed by atoms with Gasteiger partial charge < -0.3 is 19.1 Å². The summed E-state index contributed by atoms with van der Waals surface area (Å²) in [4.78, 5) is 27.1. The summed E-state index contributed by atoms with van der Waals surface area (Å²) in [7, 11) is 1.56. The smallest absolute Gasteiger partial charge is 0.491 e. The standard InChI is InChI=1S/C24H23F3N4O4S/c1-33-17-11-14-16(12-18(17)34-10-4-9-31-7-2-3-8-31)30-15-5-6-28-21(20(14)15)19-13-29-23(36-19)35-22(32)24(25,26)27/h5-6,11-13,21H,2-4,7-10H2,1H3. The molecular formula is C24H23F3N4O4S. The number of ether oxygens (including phenoxy) is 3. The highest BCUT2D eigenvalue weighted by atomic mass is 32.1. The predicted octanol–water partition coefficient (Wildman–Crippen LogP) is 2.98. The number of nitrogens with zero attached hydrogens (tertiary/aromatic N) is 4. The summed E-state index contributed by atoms with van der Waals surface area (Å²) in [5.74, 6) is -1.17. The first kappa shape index (κ1) is 24.4. The first-order chi connectivity index (χ1) is 17.3. The maximum absolute atomic E-state index is 12.5. The minimum absolute atomic E-state index is 0.398. The number of rotatable bonds is 8. The number of esters is 1. The van der Waals surface area contributed by atoms with Crippen molar-refractivity contribution in [1.29, 1.82) is 0 Å². The number of hydrogen-bond donors (Lipinski definition) is 0. The normalized spacial score (nSPS) is 18.9. The van der Waals surface area contributed by atoms with E-state index in [1.54, 1.807) is 19.4 Å². The topological polar surface area (TPSA) is 85.6 Å². The van der Waals surface area contributed by atoms with E-state index in [1.165, 1.54) is 19.0 Å². The fourth-order valence-corrected chi connectivity index (χ4v) is 5.24. The molecule has 1 unspecified atom stereocenters. The molecule has 36 heavy (non-hydrogen) atoms. The number of alkyl halides is 3. The minimum Gasteiger partial charge on any atom is -0.493 e. The van der Waals surface area contributed by atoms with E-state index in [9.17, 15) is 18.0 Å². The Kier molecular flexibility index (Phi) is 6.80. The zero-order chi connectivity index (χ0) is 25.3. The van der Waals surface area contributed by atoms with Crippen LogP contribution in [0.2, 0.25) is 0 Å². The molecule has 12 heteroatoms. The number of dihydropyridines is 1. The van der Waals surface area contributed by atoms with Crippen molar-refractivity contribution in [2.75, 3.05) is 33.4 Å². The van der Waals surface area contributed by atoms with Crippen LogP contribution in [-0.4, -0.2) is 61.6 Å². The average molecular weight is 521 g/mol. The fourth-order valence-electron chi connectivity index (χ4n) is 4.42. The highest BCUT2D eigenvalue weighted by molar-refractivity contribution is 7.13. The van der Waals surface area contributed by atoms with Crippen LogP contribution in [0, 0.1) is 0 Å². The number of benzene rings is 1. The molecular weight excluding hydrogens is 497 g/mol. The van der Waals surface area contributed by atoms with Gasteiger partial charge in [0.25, 0.3) is 5.19 Å². The summed E-state index contributed by atoms with van der Waals surface area (Å²) in [6.45, 7) is 3.83. The predicted molar refractivity (Wildman–Crippen MR) is 126 cm³/mol. The van der Waals surface area contributed by atoms with Gasteiger partial charge in [-0.25, -0.2) is 14.8 Å². The van der Waals surface area contributed by atoms with Crippen molar-refractivity contribution in [3.8, 4) is 16.7 Å². The Bertz CT molecular complexity index is 1350. The average Bonchev–Trinajstić information content (AvgIpc) is 3.60. The number of carbonyl (C=O) groups is 1. The molecule has 1 atom stereocenters. The Morgan fingerprint density at radius 1 is 1.22 bits per heavy atom. The van der Waals surface area contributed by atoms with Crippen molar-refractivity contribution in [3.05, 3.63) is 45.6 Å². The van der Waals surface area contributed by atoms with Gasteiger partial charge in [-0.2, -0.15) is 13.2 Å². The molecule has 1 aromatic carbocycles. The zero-order valence-electron chi connectivity index (χ0n) is 19.4. The number of allylic oxidation sites excluding steroid dienone is 1. The summed E-state index contributed by atoms with van der Waals surface area (Å²) in [6, 6.07) is 3.10. The summed E-state index contributed by atoms with van der Waals surface area (Å²) in [5, 5.41) is 1.08. The molecule has 3 aliphatic rings. The van der Waals surface area contributed by atoms with Gasteiger partial charge in [0.05, 0.1) is 29.6 Å². The van der Waals surface area contributed by atoms with Gasteiger partial charge in [-0.05, 0) is 44.5 Å². The molecule has 1 aromatic heterocycles. The number of carbonyl (C=O) groups excluding carboxylic acids is 1. The van der Waals surface area contributed by atoms with E-state index in [-0.39, 0.29) is 0 Å². The molecule has 0 spiro atoms. The van der Waals surface area contributed by atoms with Crippen LogP contribution in [0.15, 0.2) is 40.1 Å². The number of aromatic nitrogens is 1. The first-order valence-corrected chi connectivity index (χ1v) is 12.3. The van der Waals surface area contributed by atoms with E-state index in [0.717, 1.165) is 48.2 Å². The quantitative estimate of drug-likeness (QED) is 0.393. The largest absolute Gasteiger partial charge is 0.493 e. The lowest BCUT2D eigenvalue weighted by Crippen LogP contribution is -2.27. The van der Waals surface area contributed by atoms with Crippen molar-refractivity contribution in [2.45, 2.75) is 31.5 Å². The third-order valence-corrected chi connectivity index (χ3v) is 7.02. The van der Waals surface area contributed by atoms with Crippen LogP contribution >= 0.6 is 11.3 Å². The van der Waals surface area contributed by atoms with Gasteiger partial charge in [-0.1, -0.05) is 11.3 Å². The molecule has 190 valence electrons. The number of likely N-dealkylation sites (tertiary alicyclic amines) is 1. The summed E-state index contributed by atoms with van der Waals surface area (Å²) in [5.41, 5.74) is 1.45. The monoisotopic (exact) mass is 520 g/mol. The third kappa shape index (κ3) is 5.00. The van der Waals surface area contributed by atoms with E-state index in [4.69, 9.17) is 14.5 Å². The lowest BCUT2D eigenvalue weighted by atomic mass is 9.99. The van der Waals surface area contributed by atoms with Gasteiger partial charge in [0, 0.05) is 35.8 Å². The molecule has 2 aromatic rings. The summed E-state index contributed by atoms with van der Waals surface area (Å²) >= 11 is 0.827. The molecule has 0 saturated carbocycles. The van der Waals surface area contributed by atoms with Crippen LogP contribution in [0.4, 0.5) is 13.2 Å². The van der Waals surface area contributed by atoms with Crippen LogP contribution < -0.4 is 24.8 Å². The van der Waals surface area contributed by atoms with Crippen molar-refractivity contribution in [3.63, 3.8) is 0 Å². The maximum atomic E-state index is 12.5. The number of hydrogen-bond acceptors (Lipinski definition) is 9. The van der Waals surface area contributed by atoms with Gasteiger partial charge in [-0.3, -0.25) is 4.99 Å². The summed E-state index contributed by atoms with van der Waals surface area (Å²) in [6.07, 6.45) is 3.02. The molecule has 4 heterocycles. The minimum atomic E-state index is -5.10. The molecule has 8 nitrogen and oxygen atoms in total. The second-order valence-corrected chi connectivity index (χ2v) is 9.49. The van der Waals surface area contributed by atoms with E-state index >= 15 is 0 Å². The molecule has 3 aliphatic heterocycles. The first-order valence-electron chi connectivity index (χ1n) is 11.5. The van der Waals surface area contributed by atoms with Crippen LogP contribution in [-0.2, 0) is 4.79 Å². The maximum Gasteiger partial charge on any atom is 0.491 e. The molecule has 0 radical (unpaired) electrons. The van der Waals surface area contributed by atoms with E-state index in [1.807, 2.05) is 12.1 Å². The van der Waals surface area contributed by atoms with Gasteiger partial charge in [-0.15, -0.1) is 0 Å². The molecule has 1 fully saturated rings. The van der Waals surface area contributed by atoms with Crippen LogP contribution in [0.3, 0.4) is 0 Å². The Hall–Kier alpha value is -3.25. The lowest BCUT2D eigenvalue weighted by Gasteiger charge is -2.16. The van der Waals surface area contributed by atoms with Gasteiger partial charge in [0.2, 0.25) is 0 Å². The van der Waals surface area contributed by atoms with Crippen molar-refractivity contribution < 1.29 is 32.2 Å². The molecule has 0 aliphatic carbocycles. The van der Waals surface area contributed by atoms with Crippen molar-refractivity contribution in [1.82, 2.24) is 9.88 Å². The second-order valence-electron chi connectivity index (χ2n) is 8.46. The number of aliphatic imine (C=N–C) groups is 1. The van der Waals surface area contributed by atoms with Crippen molar-refractivity contribution >= 4 is 29.1 Å². The molecule has 0 N–H and O–H groups in total. The zero-order valence-corrected chi connectivity index (χ0v) is 20.2. The number of fused-ring (bicyclic) bond motifs is 2. The van der Waals surface area contributed by atoms with Crippen molar-refractivity contribution in [2.24, 2.45) is 9.98 Å². The van der Waals surface area contributed by atoms with Crippen LogP contribution in [0.1, 0.15) is 30.2 Å². The second kappa shape index (κ2) is 10.0. The van der Waals surface area contributed by atoms with Gasteiger partial charge in [0.15, 0.2) is 11.5 Å². The van der Waals surface area contributed by atoms with E-state index in [2.05, 4.69) is 19.6 Å². The van der Waals surface area contributed by atoms with E-state index in [0.29, 0.717) is 34.0 Å². The molecule has 1 saturated heterocycles. The Balaban J connectivity index is 1.38. The fraction of sp³-hybridized carbons (Fsp3) is 0.417. The molecule has 0 bridgehead atoms. The Morgan fingerprint density at radius 2 is 2.03 bits per heavy atom. The van der Waals surface area contributed by atoms with Crippen LogP contribution in [0.5, 0.6) is 16.7 Å². The van der Waals surface area contributed by atoms with Gasteiger partial charge >= 0.3 is 12.1 Å².